The number of nitrogens with one attached hydrogen (secondary N) is 1. The van der Waals surface area contributed by atoms with Crippen molar-refractivity contribution in [1.29, 1.82) is 0 Å². The normalized spacial score (nSPS) is 18.5. The SMILES string of the molecule is O=C(NCc1csc(C2CCN(C(=O)c3cccs3)CC2)n1)C1CCC1. The Morgan fingerprint density at radius 2 is 2.00 bits per heavy atom. The molecule has 2 aromatic heterocycles. The maximum Gasteiger partial charge on any atom is 0.263 e. The van der Waals surface area contributed by atoms with Gasteiger partial charge in [0.25, 0.3) is 5.91 Å². The van der Waals surface area contributed by atoms with Gasteiger partial charge in [0.05, 0.1) is 22.1 Å². The van der Waals surface area contributed by atoms with Crippen molar-refractivity contribution >= 4 is 34.5 Å². The highest BCUT2D eigenvalue weighted by Gasteiger charge is 2.27. The quantitative estimate of drug-likeness (QED) is 0.849. The third-order valence-electron chi connectivity index (χ3n) is 5.35. The number of piperidine rings is 1. The van der Waals surface area contributed by atoms with Crippen molar-refractivity contribution < 1.29 is 9.59 Å². The predicted molar refractivity (Wildman–Crippen MR) is 103 cm³/mol. The summed E-state index contributed by atoms with van der Waals surface area (Å²) >= 11 is 3.18. The average molecular weight is 390 g/mol. The van der Waals surface area contributed by atoms with E-state index in [1.165, 1.54) is 17.8 Å². The zero-order chi connectivity index (χ0) is 17.9. The number of aromatic nitrogens is 1. The molecule has 1 saturated carbocycles. The number of thiophene rings is 1. The molecule has 2 aromatic rings. The van der Waals surface area contributed by atoms with Crippen molar-refractivity contribution in [3.05, 3.63) is 38.5 Å². The van der Waals surface area contributed by atoms with E-state index >= 15 is 0 Å². The van der Waals surface area contributed by atoms with Gasteiger partial charge >= 0.3 is 0 Å². The van der Waals surface area contributed by atoms with Crippen LogP contribution in [0, 0.1) is 5.92 Å². The van der Waals surface area contributed by atoms with Crippen molar-refractivity contribution in [2.24, 2.45) is 5.92 Å². The maximum atomic E-state index is 12.4. The van der Waals surface area contributed by atoms with E-state index in [0.29, 0.717) is 12.5 Å². The van der Waals surface area contributed by atoms with Gasteiger partial charge in [-0.2, -0.15) is 0 Å². The summed E-state index contributed by atoms with van der Waals surface area (Å²) in [5.41, 5.74) is 0.953. The number of carbonyl (C=O) groups is 2. The summed E-state index contributed by atoms with van der Waals surface area (Å²) in [6.45, 7) is 2.10. The molecule has 0 radical (unpaired) electrons. The van der Waals surface area contributed by atoms with Crippen molar-refractivity contribution in [2.75, 3.05) is 13.1 Å². The molecule has 2 amide bonds. The summed E-state index contributed by atoms with van der Waals surface area (Å²) in [6, 6.07) is 3.82. The molecule has 4 rings (SSSR count). The number of carbonyl (C=O) groups excluding carboxylic acids is 2. The summed E-state index contributed by atoms with van der Waals surface area (Å²) in [6.07, 6.45) is 5.14. The molecule has 0 aromatic carbocycles. The van der Waals surface area contributed by atoms with E-state index in [0.717, 1.165) is 54.4 Å². The molecule has 0 spiro atoms. The van der Waals surface area contributed by atoms with Crippen LogP contribution >= 0.6 is 22.7 Å². The van der Waals surface area contributed by atoms with Crippen LogP contribution in [0.2, 0.25) is 0 Å². The van der Waals surface area contributed by atoms with E-state index in [4.69, 9.17) is 4.98 Å². The van der Waals surface area contributed by atoms with Crippen molar-refractivity contribution in [3.8, 4) is 0 Å². The van der Waals surface area contributed by atoms with Gasteiger partial charge in [0, 0.05) is 30.3 Å². The molecule has 5 nitrogen and oxygen atoms in total. The van der Waals surface area contributed by atoms with Gasteiger partial charge in [0.1, 0.15) is 0 Å². The minimum atomic E-state index is 0.150. The Balaban J connectivity index is 1.27. The minimum Gasteiger partial charge on any atom is -0.350 e. The highest BCUT2D eigenvalue weighted by Crippen LogP contribution is 2.31. The van der Waals surface area contributed by atoms with Gasteiger partial charge in [-0.25, -0.2) is 4.98 Å². The van der Waals surface area contributed by atoms with Crippen LogP contribution in [-0.4, -0.2) is 34.8 Å². The van der Waals surface area contributed by atoms with Gasteiger partial charge in [0.15, 0.2) is 0 Å². The largest absolute Gasteiger partial charge is 0.350 e. The van der Waals surface area contributed by atoms with Gasteiger partial charge in [-0.3, -0.25) is 9.59 Å². The summed E-state index contributed by atoms with van der Waals surface area (Å²) in [5.74, 6) is 0.963. The Kier molecular flexibility index (Phi) is 5.36. The molecular weight excluding hydrogens is 366 g/mol. The maximum absolute atomic E-state index is 12.4. The molecule has 1 aliphatic heterocycles. The number of thiazole rings is 1. The van der Waals surface area contributed by atoms with E-state index in [1.807, 2.05) is 22.4 Å². The lowest BCUT2D eigenvalue weighted by Crippen LogP contribution is -2.37. The molecule has 2 fully saturated rings. The van der Waals surface area contributed by atoms with Gasteiger partial charge in [-0.05, 0) is 37.1 Å². The van der Waals surface area contributed by atoms with Crippen LogP contribution in [0.4, 0.5) is 0 Å². The Labute approximate surface area is 161 Å². The zero-order valence-corrected chi connectivity index (χ0v) is 16.3. The van der Waals surface area contributed by atoms with Crippen LogP contribution < -0.4 is 5.32 Å². The molecule has 0 bridgehead atoms. The lowest BCUT2D eigenvalue weighted by Gasteiger charge is -2.30. The topological polar surface area (TPSA) is 62.3 Å². The molecule has 7 heteroatoms. The first-order chi connectivity index (χ1) is 12.7. The van der Waals surface area contributed by atoms with Crippen molar-refractivity contribution in [1.82, 2.24) is 15.2 Å². The van der Waals surface area contributed by atoms with Gasteiger partial charge in [-0.1, -0.05) is 12.5 Å². The summed E-state index contributed by atoms with van der Waals surface area (Å²) in [5, 5.41) is 8.15. The first-order valence-electron chi connectivity index (χ1n) is 9.25. The minimum absolute atomic E-state index is 0.150. The lowest BCUT2D eigenvalue weighted by molar-refractivity contribution is -0.127. The average Bonchev–Trinajstić information content (AvgIpc) is 3.30. The van der Waals surface area contributed by atoms with E-state index in [2.05, 4.69) is 10.7 Å². The highest BCUT2D eigenvalue weighted by molar-refractivity contribution is 7.12. The predicted octanol–water partition coefficient (Wildman–Crippen LogP) is 3.64. The van der Waals surface area contributed by atoms with Crippen LogP contribution in [0.5, 0.6) is 0 Å². The Hall–Kier alpha value is -1.73. The van der Waals surface area contributed by atoms with Gasteiger partial charge in [-0.15, -0.1) is 22.7 Å². The lowest BCUT2D eigenvalue weighted by atomic mass is 9.85. The molecular formula is C19H23N3O2S2. The standard InChI is InChI=1S/C19H23N3O2S2/c23-17(13-3-1-4-13)20-11-15-12-26-18(21-15)14-6-8-22(9-7-14)19(24)16-5-2-10-25-16/h2,5,10,12-14H,1,3-4,6-9,11H2,(H,20,23). The molecule has 1 saturated heterocycles. The van der Waals surface area contributed by atoms with E-state index in [9.17, 15) is 9.59 Å². The highest BCUT2D eigenvalue weighted by atomic mass is 32.1. The Morgan fingerprint density at radius 3 is 2.65 bits per heavy atom. The second-order valence-electron chi connectivity index (χ2n) is 7.07. The zero-order valence-electron chi connectivity index (χ0n) is 14.6. The third-order valence-corrected chi connectivity index (χ3v) is 7.27. The first kappa shape index (κ1) is 17.7. The summed E-state index contributed by atoms with van der Waals surface area (Å²) < 4.78 is 0. The molecule has 138 valence electrons. The summed E-state index contributed by atoms with van der Waals surface area (Å²) in [7, 11) is 0. The molecule has 2 aliphatic rings. The fraction of sp³-hybridized carbons (Fsp3) is 0.526. The Morgan fingerprint density at radius 1 is 1.19 bits per heavy atom. The first-order valence-corrected chi connectivity index (χ1v) is 11.0. The monoisotopic (exact) mass is 389 g/mol. The summed E-state index contributed by atoms with van der Waals surface area (Å²) in [4.78, 5) is 31.9. The van der Waals surface area contributed by atoms with Crippen molar-refractivity contribution in [3.63, 3.8) is 0 Å². The van der Waals surface area contributed by atoms with Gasteiger partial charge < -0.3 is 10.2 Å². The van der Waals surface area contributed by atoms with Crippen LogP contribution in [0.1, 0.15) is 58.4 Å². The van der Waals surface area contributed by atoms with E-state index in [1.54, 1.807) is 11.3 Å². The number of hydrogen-bond acceptors (Lipinski definition) is 5. The van der Waals surface area contributed by atoms with Crippen LogP contribution in [0.3, 0.4) is 0 Å². The van der Waals surface area contributed by atoms with Crippen LogP contribution in [0.25, 0.3) is 0 Å². The number of rotatable bonds is 5. The molecule has 1 aliphatic carbocycles. The molecule has 3 heterocycles. The molecule has 1 N–H and O–H groups in total. The fourth-order valence-electron chi connectivity index (χ4n) is 3.47. The van der Waals surface area contributed by atoms with E-state index in [-0.39, 0.29) is 17.7 Å². The molecule has 0 unspecified atom stereocenters. The number of likely N-dealkylation sites (tertiary alicyclic amines) is 1. The van der Waals surface area contributed by atoms with Crippen LogP contribution in [0.15, 0.2) is 22.9 Å². The third kappa shape index (κ3) is 3.83. The second-order valence-corrected chi connectivity index (χ2v) is 8.90. The number of amides is 2. The number of hydrogen-bond donors (Lipinski definition) is 1. The number of nitrogens with zero attached hydrogens (tertiary/aromatic N) is 2. The van der Waals surface area contributed by atoms with Crippen LogP contribution in [-0.2, 0) is 11.3 Å². The van der Waals surface area contributed by atoms with Crippen molar-refractivity contribution in [2.45, 2.75) is 44.6 Å². The Bertz CT molecular complexity index is 760. The molecule has 0 atom stereocenters. The van der Waals surface area contributed by atoms with Gasteiger partial charge in [0.2, 0.25) is 5.91 Å². The smallest absolute Gasteiger partial charge is 0.263 e. The fourth-order valence-corrected chi connectivity index (χ4v) is 5.15. The second kappa shape index (κ2) is 7.88. The molecule has 26 heavy (non-hydrogen) atoms. The van der Waals surface area contributed by atoms with E-state index < -0.39 is 0 Å².